The SMILES string of the molecule is COc1ccc(C(=O)NNC(=O)c2csc3c2CCC(C)C3)cc1OC. The van der Waals surface area contributed by atoms with Crippen LogP contribution in [0.4, 0.5) is 0 Å². The third kappa shape index (κ3) is 3.67. The Hall–Kier alpha value is -2.54. The normalized spacial score (nSPS) is 15.7. The van der Waals surface area contributed by atoms with Crippen molar-refractivity contribution in [3.8, 4) is 11.5 Å². The summed E-state index contributed by atoms with van der Waals surface area (Å²) in [5.41, 5.74) is 7.11. The second kappa shape index (κ2) is 7.78. The molecule has 138 valence electrons. The number of hydrogen-bond acceptors (Lipinski definition) is 5. The Morgan fingerprint density at radius 3 is 2.58 bits per heavy atom. The van der Waals surface area contributed by atoms with Crippen LogP contribution in [0.2, 0.25) is 0 Å². The standard InChI is InChI=1S/C19H22N2O4S/c1-11-4-6-13-14(10-26-17(13)8-11)19(23)21-20-18(22)12-5-7-15(24-2)16(9-12)25-3/h5,7,9-11H,4,6,8H2,1-3H3,(H,20,22)(H,21,23). The minimum atomic E-state index is -0.419. The van der Waals surface area contributed by atoms with Crippen LogP contribution >= 0.6 is 11.3 Å². The number of nitrogens with one attached hydrogen (secondary N) is 2. The maximum absolute atomic E-state index is 12.5. The third-order valence-corrected chi connectivity index (χ3v) is 5.63. The number of amides is 2. The molecule has 1 unspecified atom stereocenters. The van der Waals surface area contributed by atoms with Gasteiger partial charge >= 0.3 is 0 Å². The molecule has 2 N–H and O–H groups in total. The highest BCUT2D eigenvalue weighted by molar-refractivity contribution is 7.10. The summed E-state index contributed by atoms with van der Waals surface area (Å²) in [4.78, 5) is 26.0. The third-order valence-electron chi connectivity index (χ3n) is 4.58. The lowest BCUT2D eigenvalue weighted by Gasteiger charge is -2.18. The number of hydrogen-bond donors (Lipinski definition) is 2. The van der Waals surface area contributed by atoms with Crippen LogP contribution in [0.1, 0.15) is 44.5 Å². The van der Waals surface area contributed by atoms with Crippen molar-refractivity contribution >= 4 is 23.2 Å². The van der Waals surface area contributed by atoms with E-state index in [2.05, 4.69) is 17.8 Å². The van der Waals surface area contributed by atoms with Crippen LogP contribution in [0, 0.1) is 5.92 Å². The number of ether oxygens (including phenoxy) is 2. The van der Waals surface area contributed by atoms with Crippen LogP contribution in [0.25, 0.3) is 0 Å². The second-order valence-electron chi connectivity index (χ2n) is 6.38. The summed E-state index contributed by atoms with van der Waals surface area (Å²) in [5, 5.41) is 1.88. The van der Waals surface area contributed by atoms with E-state index >= 15 is 0 Å². The number of methoxy groups -OCH3 is 2. The minimum absolute atomic E-state index is 0.286. The van der Waals surface area contributed by atoms with E-state index in [1.165, 1.54) is 19.1 Å². The van der Waals surface area contributed by atoms with Gasteiger partial charge in [0, 0.05) is 15.8 Å². The van der Waals surface area contributed by atoms with Gasteiger partial charge in [-0.15, -0.1) is 11.3 Å². The van der Waals surface area contributed by atoms with E-state index in [9.17, 15) is 9.59 Å². The van der Waals surface area contributed by atoms with Gasteiger partial charge in [-0.05, 0) is 48.9 Å². The van der Waals surface area contributed by atoms with Crippen molar-refractivity contribution in [2.45, 2.75) is 26.2 Å². The van der Waals surface area contributed by atoms with Crippen molar-refractivity contribution in [3.63, 3.8) is 0 Å². The van der Waals surface area contributed by atoms with Crippen molar-refractivity contribution in [1.82, 2.24) is 10.9 Å². The number of carbonyl (C=O) groups is 2. The smallest absolute Gasteiger partial charge is 0.270 e. The molecule has 7 heteroatoms. The Morgan fingerprint density at radius 1 is 1.12 bits per heavy atom. The zero-order chi connectivity index (χ0) is 18.7. The molecule has 0 saturated carbocycles. The Morgan fingerprint density at radius 2 is 1.85 bits per heavy atom. The number of carbonyl (C=O) groups excluding carboxylic acids is 2. The summed E-state index contributed by atoms with van der Waals surface area (Å²) in [6.07, 6.45) is 3.01. The monoisotopic (exact) mass is 374 g/mol. The largest absolute Gasteiger partial charge is 0.493 e. The Bertz CT molecular complexity index is 831. The topological polar surface area (TPSA) is 76.7 Å². The van der Waals surface area contributed by atoms with Gasteiger partial charge in [0.1, 0.15) is 0 Å². The van der Waals surface area contributed by atoms with Crippen LogP contribution in [-0.2, 0) is 12.8 Å². The summed E-state index contributed by atoms with van der Waals surface area (Å²) in [6, 6.07) is 4.82. The summed E-state index contributed by atoms with van der Waals surface area (Å²) in [7, 11) is 3.03. The van der Waals surface area contributed by atoms with E-state index in [0.717, 1.165) is 24.8 Å². The predicted octanol–water partition coefficient (Wildman–Crippen LogP) is 2.96. The van der Waals surface area contributed by atoms with E-state index in [1.54, 1.807) is 29.5 Å². The molecule has 0 bridgehead atoms. The highest BCUT2D eigenvalue weighted by Gasteiger charge is 2.23. The van der Waals surface area contributed by atoms with Crippen LogP contribution in [-0.4, -0.2) is 26.0 Å². The van der Waals surface area contributed by atoms with Crippen LogP contribution in [0.5, 0.6) is 11.5 Å². The van der Waals surface area contributed by atoms with Crippen molar-refractivity contribution in [2.75, 3.05) is 14.2 Å². The molecule has 0 fully saturated rings. The molecule has 1 heterocycles. The van der Waals surface area contributed by atoms with Crippen LogP contribution in [0.15, 0.2) is 23.6 Å². The fourth-order valence-corrected chi connectivity index (χ4v) is 4.34. The van der Waals surface area contributed by atoms with Crippen molar-refractivity contribution in [2.24, 2.45) is 5.92 Å². The Labute approximate surface area is 156 Å². The van der Waals surface area contributed by atoms with Crippen molar-refractivity contribution in [1.29, 1.82) is 0 Å². The maximum Gasteiger partial charge on any atom is 0.270 e. The maximum atomic E-state index is 12.5. The Balaban J connectivity index is 1.66. The summed E-state index contributed by atoms with van der Waals surface area (Å²) < 4.78 is 10.3. The summed E-state index contributed by atoms with van der Waals surface area (Å²) in [5.74, 6) is 0.935. The van der Waals surface area contributed by atoms with Gasteiger partial charge in [0.25, 0.3) is 11.8 Å². The van der Waals surface area contributed by atoms with Gasteiger partial charge in [-0.1, -0.05) is 6.92 Å². The average Bonchev–Trinajstić information content (AvgIpc) is 3.08. The highest BCUT2D eigenvalue weighted by Crippen LogP contribution is 2.32. The van der Waals surface area contributed by atoms with Gasteiger partial charge in [-0.2, -0.15) is 0 Å². The van der Waals surface area contributed by atoms with Crippen LogP contribution in [0.3, 0.4) is 0 Å². The van der Waals surface area contributed by atoms with Gasteiger partial charge < -0.3 is 9.47 Å². The molecule has 2 amide bonds. The van der Waals surface area contributed by atoms with Crippen molar-refractivity contribution in [3.05, 3.63) is 45.1 Å². The van der Waals surface area contributed by atoms with E-state index in [0.29, 0.717) is 28.5 Å². The molecule has 26 heavy (non-hydrogen) atoms. The molecule has 1 aliphatic rings. The lowest BCUT2D eigenvalue weighted by Crippen LogP contribution is -2.41. The molecule has 0 saturated heterocycles. The highest BCUT2D eigenvalue weighted by atomic mass is 32.1. The van der Waals surface area contributed by atoms with Gasteiger partial charge in [0.2, 0.25) is 0 Å². The van der Waals surface area contributed by atoms with Crippen LogP contribution < -0.4 is 20.3 Å². The first-order valence-corrected chi connectivity index (χ1v) is 9.33. The molecule has 1 aromatic heterocycles. The van der Waals surface area contributed by atoms with E-state index in [-0.39, 0.29) is 5.91 Å². The van der Waals surface area contributed by atoms with Crippen molar-refractivity contribution < 1.29 is 19.1 Å². The van der Waals surface area contributed by atoms with Gasteiger partial charge in [-0.3, -0.25) is 20.4 Å². The molecule has 6 nitrogen and oxygen atoms in total. The van der Waals surface area contributed by atoms with Gasteiger partial charge in [-0.25, -0.2) is 0 Å². The fraction of sp³-hybridized carbons (Fsp3) is 0.368. The number of fused-ring (bicyclic) bond motifs is 1. The first-order valence-electron chi connectivity index (χ1n) is 8.45. The quantitative estimate of drug-likeness (QED) is 0.807. The molecule has 2 aromatic rings. The van der Waals surface area contributed by atoms with E-state index in [1.807, 2.05) is 5.38 Å². The molecule has 1 atom stereocenters. The molecule has 0 spiro atoms. The van der Waals surface area contributed by atoms with E-state index in [4.69, 9.17) is 9.47 Å². The van der Waals surface area contributed by atoms with Gasteiger partial charge in [0.15, 0.2) is 11.5 Å². The zero-order valence-corrected chi connectivity index (χ0v) is 15.9. The predicted molar refractivity (Wildman–Crippen MR) is 100.0 cm³/mol. The minimum Gasteiger partial charge on any atom is -0.493 e. The number of hydrazine groups is 1. The molecular formula is C19H22N2O4S. The van der Waals surface area contributed by atoms with E-state index < -0.39 is 5.91 Å². The molecule has 0 aliphatic heterocycles. The number of thiophene rings is 1. The molecule has 1 aromatic carbocycles. The van der Waals surface area contributed by atoms with Gasteiger partial charge in [0.05, 0.1) is 19.8 Å². The number of rotatable bonds is 4. The molecule has 1 aliphatic carbocycles. The summed E-state index contributed by atoms with van der Waals surface area (Å²) >= 11 is 1.62. The first-order chi connectivity index (χ1) is 12.5. The first kappa shape index (κ1) is 18.3. The lowest BCUT2D eigenvalue weighted by molar-refractivity contribution is 0.0846. The molecular weight excluding hydrogens is 352 g/mol. The number of benzene rings is 1. The zero-order valence-electron chi connectivity index (χ0n) is 15.0. The second-order valence-corrected chi connectivity index (χ2v) is 7.34. The average molecular weight is 374 g/mol. The lowest BCUT2D eigenvalue weighted by atomic mass is 9.88. The fourth-order valence-electron chi connectivity index (χ4n) is 3.10. The summed E-state index contributed by atoms with van der Waals surface area (Å²) in [6.45, 7) is 2.23. The Kier molecular flexibility index (Phi) is 5.46. The molecule has 3 rings (SSSR count). The molecule has 0 radical (unpaired) electrons.